The minimum atomic E-state index is -1.11. The Morgan fingerprint density at radius 2 is 1.83 bits per heavy atom. The van der Waals surface area contributed by atoms with Gasteiger partial charge in [-0.05, 0) is 24.3 Å². The third kappa shape index (κ3) is 3.26. The molecule has 2 aromatic rings. The number of amides is 1. The highest BCUT2D eigenvalue weighted by molar-refractivity contribution is 5.97. The maximum atomic E-state index is 12.5. The van der Waals surface area contributed by atoms with Gasteiger partial charge in [-0.1, -0.05) is 30.3 Å². The molecule has 2 aromatic carbocycles. The van der Waals surface area contributed by atoms with Crippen LogP contribution < -0.4 is 14.4 Å². The average Bonchev–Trinajstić information content (AvgIpc) is 2.59. The molecular weight excluding hydrogens is 298 g/mol. The van der Waals surface area contributed by atoms with Gasteiger partial charge in [0.1, 0.15) is 11.5 Å². The van der Waals surface area contributed by atoms with Gasteiger partial charge in [-0.25, -0.2) is 4.79 Å². The Hall–Kier alpha value is -3.02. The predicted molar refractivity (Wildman–Crippen MR) is 82.8 cm³/mol. The van der Waals surface area contributed by atoms with Gasteiger partial charge >= 0.3 is 5.97 Å². The molecule has 23 heavy (non-hydrogen) atoms. The second-order valence-electron chi connectivity index (χ2n) is 5.02. The van der Waals surface area contributed by atoms with Crippen molar-refractivity contribution in [2.75, 3.05) is 18.1 Å². The summed E-state index contributed by atoms with van der Waals surface area (Å²) in [4.78, 5) is 25.1. The number of ether oxygens (including phenoxy) is 2. The largest absolute Gasteiger partial charge is 0.484 e. The molecular formula is C17H15NO5. The van der Waals surface area contributed by atoms with Crippen LogP contribution in [0.4, 0.5) is 5.69 Å². The fourth-order valence-corrected chi connectivity index (χ4v) is 2.34. The monoisotopic (exact) mass is 313 g/mol. The molecule has 0 aromatic heterocycles. The molecule has 6 heteroatoms. The lowest BCUT2D eigenvalue weighted by molar-refractivity contribution is -0.145. The summed E-state index contributed by atoms with van der Waals surface area (Å²) in [6.45, 7) is -0.228. The molecule has 118 valence electrons. The van der Waals surface area contributed by atoms with Crippen molar-refractivity contribution in [3.05, 3.63) is 54.6 Å². The molecule has 0 aliphatic carbocycles. The van der Waals surface area contributed by atoms with E-state index in [9.17, 15) is 14.7 Å². The number of rotatable bonds is 4. The Labute approximate surface area is 132 Å². The molecule has 1 heterocycles. The standard InChI is InChI=1S/C17H15NO5/c19-16(11-22-12-6-2-1-3-7-12)18-10-15(17(20)21)23-14-9-5-4-8-13(14)18/h1-9,15H,10-11H2,(H,20,21)/t15-/m0/s1. The Balaban J connectivity index is 1.77. The number of nitrogens with zero attached hydrogens (tertiary/aromatic N) is 1. The number of carbonyl (C=O) groups is 2. The molecule has 6 nitrogen and oxygen atoms in total. The highest BCUT2D eigenvalue weighted by Crippen LogP contribution is 2.33. The summed E-state index contributed by atoms with van der Waals surface area (Å²) in [5.74, 6) is -0.478. The van der Waals surface area contributed by atoms with Gasteiger partial charge in [0.25, 0.3) is 5.91 Å². The van der Waals surface area contributed by atoms with E-state index >= 15 is 0 Å². The summed E-state index contributed by atoms with van der Waals surface area (Å²) in [7, 11) is 0. The van der Waals surface area contributed by atoms with Crippen molar-refractivity contribution in [3.8, 4) is 11.5 Å². The quantitative estimate of drug-likeness (QED) is 0.933. The van der Waals surface area contributed by atoms with Crippen molar-refractivity contribution in [3.63, 3.8) is 0 Å². The topological polar surface area (TPSA) is 76.1 Å². The van der Waals surface area contributed by atoms with Crippen molar-refractivity contribution >= 4 is 17.6 Å². The van der Waals surface area contributed by atoms with Gasteiger partial charge in [-0.2, -0.15) is 0 Å². The molecule has 1 N–H and O–H groups in total. The highest BCUT2D eigenvalue weighted by atomic mass is 16.5. The van der Waals surface area contributed by atoms with E-state index < -0.39 is 12.1 Å². The number of aliphatic carboxylic acids is 1. The molecule has 0 radical (unpaired) electrons. The second kappa shape index (κ2) is 6.39. The first-order chi connectivity index (χ1) is 11.1. The van der Waals surface area contributed by atoms with E-state index in [1.807, 2.05) is 18.2 Å². The summed E-state index contributed by atoms with van der Waals surface area (Å²) in [5.41, 5.74) is 0.548. The number of anilines is 1. The van der Waals surface area contributed by atoms with Crippen molar-refractivity contribution < 1.29 is 24.2 Å². The molecule has 0 fully saturated rings. The minimum absolute atomic E-state index is 0.0523. The number of hydrogen-bond donors (Lipinski definition) is 1. The summed E-state index contributed by atoms with van der Waals surface area (Å²) in [6, 6.07) is 15.8. The molecule has 1 aliphatic rings. The van der Waals surface area contributed by atoms with Crippen LogP contribution in [0, 0.1) is 0 Å². The molecule has 1 aliphatic heterocycles. The van der Waals surface area contributed by atoms with E-state index in [1.54, 1.807) is 36.4 Å². The maximum absolute atomic E-state index is 12.5. The minimum Gasteiger partial charge on any atom is -0.484 e. The zero-order valence-corrected chi connectivity index (χ0v) is 12.2. The molecule has 0 saturated carbocycles. The molecule has 0 saturated heterocycles. The van der Waals surface area contributed by atoms with Crippen LogP contribution in [0.5, 0.6) is 11.5 Å². The van der Waals surface area contributed by atoms with E-state index in [-0.39, 0.29) is 19.1 Å². The second-order valence-corrected chi connectivity index (χ2v) is 5.02. The fraction of sp³-hybridized carbons (Fsp3) is 0.176. The van der Waals surface area contributed by atoms with Gasteiger partial charge in [-0.3, -0.25) is 4.79 Å². The molecule has 0 bridgehead atoms. The number of carbonyl (C=O) groups excluding carboxylic acids is 1. The van der Waals surface area contributed by atoms with E-state index in [0.29, 0.717) is 17.2 Å². The first kappa shape index (κ1) is 14.9. The first-order valence-electron chi connectivity index (χ1n) is 7.12. The lowest BCUT2D eigenvalue weighted by Gasteiger charge is -2.32. The van der Waals surface area contributed by atoms with Crippen LogP contribution >= 0.6 is 0 Å². The predicted octanol–water partition coefficient (Wildman–Crippen LogP) is 1.94. The van der Waals surface area contributed by atoms with E-state index in [2.05, 4.69) is 0 Å². The molecule has 3 rings (SSSR count). The Kier molecular flexibility index (Phi) is 4.14. The van der Waals surface area contributed by atoms with Crippen LogP contribution in [0.25, 0.3) is 0 Å². The summed E-state index contributed by atoms with van der Waals surface area (Å²) in [5, 5.41) is 9.18. The highest BCUT2D eigenvalue weighted by Gasteiger charge is 2.33. The third-order valence-corrected chi connectivity index (χ3v) is 3.46. The van der Waals surface area contributed by atoms with Crippen LogP contribution in [0.3, 0.4) is 0 Å². The SMILES string of the molecule is O=C(O)[C@@H]1CN(C(=O)COc2ccccc2)c2ccccc2O1. The van der Waals surface area contributed by atoms with Crippen molar-refractivity contribution in [2.45, 2.75) is 6.10 Å². The Bertz CT molecular complexity index is 716. The van der Waals surface area contributed by atoms with E-state index in [1.165, 1.54) is 4.90 Å². The molecule has 0 spiro atoms. The van der Waals surface area contributed by atoms with E-state index in [0.717, 1.165) is 0 Å². The Morgan fingerprint density at radius 1 is 1.13 bits per heavy atom. The average molecular weight is 313 g/mol. The number of carboxylic acids is 1. The van der Waals surface area contributed by atoms with Gasteiger partial charge in [0.2, 0.25) is 6.10 Å². The van der Waals surface area contributed by atoms with Crippen LogP contribution in [0.1, 0.15) is 0 Å². The van der Waals surface area contributed by atoms with Crippen molar-refractivity contribution in [2.24, 2.45) is 0 Å². The third-order valence-electron chi connectivity index (χ3n) is 3.46. The van der Waals surface area contributed by atoms with Crippen LogP contribution in [-0.4, -0.2) is 36.2 Å². The molecule has 1 atom stereocenters. The normalized spacial score (nSPS) is 16.2. The van der Waals surface area contributed by atoms with E-state index in [4.69, 9.17) is 9.47 Å². The van der Waals surface area contributed by atoms with Crippen LogP contribution in [-0.2, 0) is 9.59 Å². The molecule has 0 unspecified atom stereocenters. The first-order valence-corrected chi connectivity index (χ1v) is 7.12. The number of hydrogen-bond acceptors (Lipinski definition) is 4. The summed E-state index contributed by atoms with van der Waals surface area (Å²) < 4.78 is 10.9. The zero-order chi connectivity index (χ0) is 16.2. The lowest BCUT2D eigenvalue weighted by Crippen LogP contribution is -2.48. The number of para-hydroxylation sites is 3. The lowest BCUT2D eigenvalue weighted by atomic mass is 10.2. The summed E-state index contributed by atoms with van der Waals surface area (Å²) in [6.07, 6.45) is -1.09. The molecule has 1 amide bonds. The maximum Gasteiger partial charge on any atom is 0.346 e. The smallest absolute Gasteiger partial charge is 0.346 e. The van der Waals surface area contributed by atoms with Gasteiger partial charge in [-0.15, -0.1) is 0 Å². The van der Waals surface area contributed by atoms with Gasteiger partial charge < -0.3 is 19.5 Å². The van der Waals surface area contributed by atoms with Gasteiger partial charge in [0, 0.05) is 0 Å². The number of fused-ring (bicyclic) bond motifs is 1. The zero-order valence-electron chi connectivity index (χ0n) is 12.2. The van der Waals surface area contributed by atoms with Gasteiger partial charge in [0.15, 0.2) is 6.61 Å². The number of carboxylic acid groups (broad SMARTS) is 1. The Morgan fingerprint density at radius 3 is 2.57 bits per heavy atom. The van der Waals surface area contributed by atoms with Crippen LogP contribution in [0.15, 0.2) is 54.6 Å². The fourth-order valence-electron chi connectivity index (χ4n) is 2.34. The summed E-state index contributed by atoms with van der Waals surface area (Å²) >= 11 is 0. The van der Waals surface area contributed by atoms with Crippen molar-refractivity contribution in [1.82, 2.24) is 0 Å². The van der Waals surface area contributed by atoms with Crippen LogP contribution in [0.2, 0.25) is 0 Å². The number of benzene rings is 2. The van der Waals surface area contributed by atoms with Crippen molar-refractivity contribution in [1.29, 1.82) is 0 Å². The van der Waals surface area contributed by atoms with Gasteiger partial charge in [0.05, 0.1) is 12.2 Å².